The molecule has 0 radical (unpaired) electrons. The molecule has 1 aromatic heterocycles. The average Bonchev–Trinajstić information content (AvgIpc) is 2.60. The number of hydrogen-bond donors (Lipinski definition) is 2. The Kier molecular flexibility index (Phi) is 4.58. The Hall–Kier alpha value is -0.910. The van der Waals surface area contributed by atoms with E-state index in [2.05, 4.69) is 5.10 Å². The summed E-state index contributed by atoms with van der Waals surface area (Å²) in [5, 5.41) is 12.6. The van der Waals surface area contributed by atoms with Crippen LogP contribution in [0.5, 0.6) is 0 Å². The van der Waals surface area contributed by atoms with Crippen LogP contribution < -0.4 is 5.73 Å². The zero-order valence-electron chi connectivity index (χ0n) is 8.39. The van der Waals surface area contributed by atoms with Crippen LogP contribution >= 0.6 is 0 Å². The first-order chi connectivity index (χ1) is 6.77. The van der Waals surface area contributed by atoms with Gasteiger partial charge < -0.3 is 15.6 Å². The molecule has 0 aromatic carbocycles. The van der Waals surface area contributed by atoms with Crippen molar-refractivity contribution in [2.45, 2.75) is 12.5 Å². The maximum Gasteiger partial charge on any atom is 0.0977 e. The highest BCUT2D eigenvalue weighted by atomic mass is 16.5. The van der Waals surface area contributed by atoms with E-state index < -0.39 is 0 Å². The fraction of sp³-hybridized carbons (Fsp3) is 0.667. The summed E-state index contributed by atoms with van der Waals surface area (Å²) in [6, 6.07) is 0. The minimum atomic E-state index is -0.116. The SMILES string of the molecule is Cn1cc(C(CN)OCCCO)cn1. The molecular formula is C9H17N3O2. The lowest BCUT2D eigenvalue weighted by atomic mass is 10.2. The number of rotatable bonds is 6. The number of aryl methyl sites for hydroxylation is 1. The zero-order chi connectivity index (χ0) is 10.4. The van der Waals surface area contributed by atoms with E-state index in [9.17, 15) is 0 Å². The maximum atomic E-state index is 8.60. The predicted octanol–water partition coefficient (Wildman–Crippen LogP) is -0.181. The topological polar surface area (TPSA) is 73.3 Å². The first kappa shape index (κ1) is 11.2. The van der Waals surface area contributed by atoms with Crippen LogP contribution in [0.3, 0.4) is 0 Å². The molecule has 0 saturated carbocycles. The van der Waals surface area contributed by atoms with Gasteiger partial charge in [-0.3, -0.25) is 4.68 Å². The summed E-state index contributed by atoms with van der Waals surface area (Å²) in [7, 11) is 1.85. The summed E-state index contributed by atoms with van der Waals surface area (Å²) in [6.07, 6.45) is 4.15. The monoisotopic (exact) mass is 199 g/mol. The molecule has 5 nitrogen and oxygen atoms in total. The third-order valence-corrected chi connectivity index (χ3v) is 1.93. The van der Waals surface area contributed by atoms with E-state index in [1.165, 1.54) is 0 Å². The number of nitrogens with zero attached hydrogens (tertiary/aromatic N) is 2. The molecule has 0 saturated heterocycles. The first-order valence-corrected chi connectivity index (χ1v) is 4.69. The molecule has 0 spiro atoms. The number of ether oxygens (including phenoxy) is 1. The number of aromatic nitrogens is 2. The van der Waals surface area contributed by atoms with Crippen molar-refractivity contribution in [3.05, 3.63) is 18.0 Å². The quantitative estimate of drug-likeness (QED) is 0.623. The molecule has 1 atom stereocenters. The second-order valence-corrected chi connectivity index (χ2v) is 3.12. The summed E-state index contributed by atoms with van der Waals surface area (Å²) >= 11 is 0. The maximum absolute atomic E-state index is 8.60. The van der Waals surface area contributed by atoms with Crippen LogP contribution in [0, 0.1) is 0 Å². The Morgan fingerprint density at radius 1 is 1.71 bits per heavy atom. The fourth-order valence-electron chi connectivity index (χ4n) is 1.20. The van der Waals surface area contributed by atoms with Gasteiger partial charge in [0.2, 0.25) is 0 Å². The van der Waals surface area contributed by atoms with E-state index in [0.29, 0.717) is 19.6 Å². The summed E-state index contributed by atoms with van der Waals surface area (Å²) in [5.41, 5.74) is 6.55. The molecule has 3 N–H and O–H groups in total. The van der Waals surface area contributed by atoms with Crippen molar-refractivity contribution >= 4 is 0 Å². The van der Waals surface area contributed by atoms with Gasteiger partial charge in [-0.25, -0.2) is 0 Å². The highest BCUT2D eigenvalue weighted by Gasteiger charge is 2.11. The Balaban J connectivity index is 2.45. The van der Waals surface area contributed by atoms with Gasteiger partial charge in [0, 0.05) is 38.6 Å². The van der Waals surface area contributed by atoms with Crippen LogP contribution in [0.4, 0.5) is 0 Å². The van der Waals surface area contributed by atoms with Gasteiger partial charge >= 0.3 is 0 Å². The van der Waals surface area contributed by atoms with Gasteiger partial charge in [0.15, 0.2) is 0 Å². The smallest absolute Gasteiger partial charge is 0.0977 e. The molecule has 80 valence electrons. The predicted molar refractivity (Wildman–Crippen MR) is 52.7 cm³/mol. The van der Waals surface area contributed by atoms with Crippen LogP contribution in [0.15, 0.2) is 12.4 Å². The Morgan fingerprint density at radius 2 is 2.50 bits per heavy atom. The second kappa shape index (κ2) is 5.74. The molecule has 1 aromatic rings. The number of hydrogen-bond acceptors (Lipinski definition) is 4. The highest BCUT2D eigenvalue weighted by Crippen LogP contribution is 2.14. The molecule has 0 aliphatic carbocycles. The molecule has 0 aliphatic heterocycles. The first-order valence-electron chi connectivity index (χ1n) is 4.69. The van der Waals surface area contributed by atoms with Crippen LogP contribution in [0.1, 0.15) is 18.1 Å². The van der Waals surface area contributed by atoms with Crippen molar-refractivity contribution in [3.63, 3.8) is 0 Å². The Labute approximate surface area is 83.5 Å². The Bertz CT molecular complexity index is 262. The molecule has 1 unspecified atom stereocenters. The minimum Gasteiger partial charge on any atom is -0.396 e. The number of aliphatic hydroxyl groups is 1. The van der Waals surface area contributed by atoms with E-state index in [0.717, 1.165) is 5.56 Å². The molecule has 5 heteroatoms. The van der Waals surface area contributed by atoms with Crippen LogP contribution in [-0.2, 0) is 11.8 Å². The standard InChI is InChI=1S/C9H17N3O2/c1-12-7-8(6-11-12)9(5-10)14-4-2-3-13/h6-7,9,13H,2-5,10H2,1H3. The molecule has 0 aliphatic rings. The molecule has 1 rings (SSSR count). The van der Waals surface area contributed by atoms with E-state index in [-0.39, 0.29) is 12.7 Å². The van der Waals surface area contributed by atoms with Crippen molar-refractivity contribution in [1.29, 1.82) is 0 Å². The van der Waals surface area contributed by atoms with E-state index in [1.807, 2.05) is 13.2 Å². The lowest BCUT2D eigenvalue weighted by Gasteiger charge is -2.13. The minimum absolute atomic E-state index is 0.116. The third kappa shape index (κ3) is 3.10. The molecule has 0 fully saturated rings. The van der Waals surface area contributed by atoms with E-state index in [1.54, 1.807) is 10.9 Å². The van der Waals surface area contributed by atoms with E-state index >= 15 is 0 Å². The van der Waals surface area contributed by atoms with Crippen LogP contribution in [0.2, 0.25) is 0 Å². The van der Waals surface area contributed by atoms with Crippen molar-refractivity contribution in [3.8, 4) is 0 Å². The van der Waals surface area contributed by atoms with Crippen molar-refractivity contribution in [1.82, 2.24) is 9.78 Å². The summed E-state index contributed by atoms with van der Waals surface area (Å²) < 4.78 is 7.21. The van der Waals surface area contributed by atoms with Crippen molar-refractivity contribution in [2.75, 3.05) is 19.8 Å². The number of nitrogens with two attached hydrogens (primary N) is 1. The fourth-order valence-corrected chi connectivity index (χ4v) is 1.20. The van der Waals surface area contributed by atoms with Crippen LogP contribution in [-0.4, -0.2) is 34.6 Å². The molecule has 0 amide bonds. The summed E-state index contributed by atoms with van der Waals surface area (Å²) in [4.78, 5) is 0. The zero-order valence-corrected chi connectivity index (χ0v) is 8.39. The molecular weight excluding hydrogens is 182 g/mol. The molecule has 0 bridgehead atoms. The van der Waals surface area contributed by atoms with Gasteiger partial charge in [-0.1, -0.05) is 0 Å². The van der Waals surface area contributed by atoms with E-state index in [4.69, 9.17) is 15.6 Å². The normalized spacial score (nSPS) is 13.1. The van der Waals surface area contributed by atoms with Crippen LogP contribution in [0.25, 0.3) is 0 Å². The highest BCUT2D eigenvalue weighted by molar-refractivity contribution is 5.08. The number of aliphatic hydroxyl groups excluding tert-OH is 1. The van der Waals surface area contributed by atoms with Gasteiger partial charge in [0.25, 0.3) is 0 Å². The van der Waals surface area contributed by atoms with Gasteiger partial charge in [0.1, 0.15) is 0 Å². The lowest BCUT2D eigenvalue weighted by Crippen LogP contribution is -2.16. The third-order valence-electron chi connectivity index (χ3n) is 1.93. The van der Waals surface area contributed by atoms with Gasteiger partial charge in [0.05, 0.1) is 12.3 Å². The molecule has 1 heterocycles. The van der Waals surface area contributed by atoms with Crippen molar-refractivity contribution < 1.29 is 9.84 Å². The van der Waals surface area contributed by atoms with Gasteiger partial charge in [-0.15, -0.1) is 0 Å². The lowest BCUT2D eigenvalue weighted by molar-refractivity contribution is 0.0488. The summed E-state index contributed by atoms with van der Waals surface area (Å²) in [6.45, 7) is 1.09. The average molecular weight is 199 g/mol. The molecule has 14 heavy (non-hydrogen) atoms. The Morgan fingerprint density at radius 3 is 3.00 bits per heavy atom. The second-order valence-electron chi connectivity index (χ2n) is 3.12. The van der Waals surface area contributed by atoms with Gasteiger partial charge in [-0.2, -0.15) is 5.10 Å². The largest absolute Gasteiger partial charge is 0.396 e. The summed E-state index contributed by atoms with van der Waals surface area (Å²) in [5.74, 6) is 0. The van der Waals surface area contributed by atoms with Crippen molar-refractivity contribution in [2.24, 2.45) is 12.8 Å². The van der Waals surface area contributed by atoms with Gasteiger partial charge in [-0.05, 0) is 6.42 Å².